The number of aryl methyl sites for hydroxylation is 1. The van der Waals surface area contributed by atoms with Crippen LogP contribution in [0.25, 0.3) is 0 Å². The van der Waals surface area contributed by atoms with Gasteiger partial charge in [-0.3, -0.25) is 4.79 Å². The molecule has 0 atom stereocenters. The van der Waals surface area contributed by atoms with E-state index < -0.39 is 5.97 Å². The molecule has 0 aliphatic carbocycles. The second-order valence-electron chi connectivity index (χ2n) is 6.54. The van der Waals surface area contributed by atoms with Crippen LogP contribution in [0.3, 0.4) is 0 Å². The molecular formula is C19H25N3O5. The van der Waals surface area contributed by atoms with Gasteiger partial charge in [0.1, 0.15) is 5.70 Å². The minimum Gasteiger partial charge on any atom is -0.466 e. The van der Waals surface area contributed by atoms with Gasteiger partial charge in [0.2, 0.25) is 0 Å². The number of ether oxygens (including phenoxy) is 2. The fraction of sp³-hybridized carbons (Fsp3) is 0.474. The van der Waals surface area contributed by atoms with Crippen LogP contribution in [0.1, 0.15) is 5.56 Å². The fourth-order valence-corrected chi connectivity index (χ4v) is 3.31. The van der Waals surface area contributed by atoms with Crippen molar-refractivity contribution >= 4 is 23.3 Å². The van der Waals surface area contributed by atoms with E-state index in [1.807, 2.05) is 25.1 Å². The Morgan fingerprint density at radius 2 is 2.07 bits per heavy atom. The molecule has 0 aromatic heterocycles. The van der Waals surface area contributed by atoms with Gasteiger partial charge in [0, 0.05) is 19.6 Å². The van der Waals surface area contributed by atoms with Gasteiger partial charge in [0.25, 0.3) is 5.91 Å². The van der Waals surface area contributed by atoms with Gasteiger partial charge in [0.15, 0.2) is 0 Å². The summed E-state index contributed by atoms with van der Waals surface area (Å²) in [6.45, 7) is 4.88. The maximum absolute atomic E-state index is 12.8. The summed E-state index contributed by atoms with van der Waals surface area (Å²) in [7, 11) is 1.29. The highest BCUT2D eigenvalue weighted by molar-refractivity contribution is 6.09. The van der Waals surface area contributed by atoms with Crippen LogP contribution in [0.5, 0.6) is 0 Å². The predicted molar refractivity (Wildman–Crippen MR) is 101 cm³/mol. The molecule has 1 saturated heterocycles. The first-order valence-corrected chi connectivity index (χ1v) is 8.97. The highest BCUT2D eigenvalue weighted by Gasteiger charge is 2.35. The van der Waals surface area contributed by atoms with Crippen molar-refractivity contribution in [2.24, 2.45) is 0 Å². The van der Waals surface area contributed by atoms with Gasteiger partial charge in [0.05, 0.1) is 50.4 Å². The smallest absolute Gasteiger partial charge is 0.337 e. The number of hydrogen-bond acceptors (Lipinski definition) is 7. The highest BCUT2D eigenvalue weighted by Crippen LogP contribution is 2.31. The van der Waals surface area contributed by atoms with Crippen LogP contribution in [-0.4, -0.2) is 75.0 Å². The van der Waals surface area contributed by atoms with Gasteiger partial charge >= 0.3 is 5.97 Å². The molecule has 1 aromatic carbocycles. The zero-order valence-corrected chi connectivity index (χ0v) is 15.7. The Balaban J connectivity index is 1.95. The first-order valence-electron chi connectivity index (χ1n) is 8.97. The maximum atomic E-state index is 12.8. The van der Waals surface area contributed by atoms with Gasteiger partial charge < -0.3 is 29.7 Å². The molecular weight excluding hydrogens is 350 g/mol. The number of carbonyl (C=O) groups excluding carboxylic acids is 2. The monoisotopic (exact) mass is 375 g/mol. The number of β-amino-alcohol motifs (C(OH)–C–C–N with tert-alkyl or cyclic N) is 1. The molecule has 0 radical (unpaired) electrons. The normalized spacial score (nSPS) is 17.5. The van der Waals surface area contributed by atoms with E-state index in [1.165, 1.54) is 12.0 Å². The molecule has 2 aliphatic heterocycles. The molecule has 1 amide bonds. The number of aliphatic hydroxyl groups excluding tert-OH is 1. The third-order valence-corrected chi connectivity index (χ3v) is 4.72. The molecule has 3 rings (SSSR count). The van der Waals surface area contributed by atoms with E-state index in [0.717, 1.165) is 30.0 Å². The molecule has 146 valence electrons. The van der Waals surface area contributed by atoms with E-state index in [9.17, 15) is 14.7 Å². The Hall–Kier alpha value is -2.58. The molecule has 0 spiro atoms. The average molecular weight is 375 g/mol. The van der Waals surface area contributed by atoms with E-state index in [-0.39, 0.29) is 36.9 Å². The molecule has 0 saturated carbocycles. The molecule has 2 aliphatic rings. The van der Waals surface area contributed by atoms with Crippen molar-refractivity contribution in [1.82, 2.24) is 4.90 Å². The Labute approximate surface area is 158 Å². The molecule has 2 heterocycles. The van der Waals surface area contributed by atoms with E-state index >= 15 is 0 Å². The Kier molecular flexibility index (Phi) is 5.98. The maximum Gasteiger partial charge on any atom is 0.337 e. The number of esters is 1. The second-order valence-corrected chi connectivity index (χ2v) is 6.54. The van der Waals surface area contributed by atoms with E-state index in [4.69, 9.17) is 9.47 Å². The first kappa shape index (κ1) is 19.2. The van der Waals surface area contributed by atoms with Crippen LogP contribution < -0.4 is 10.2 Å². The number of benzene rings is 1. The lowest BCUT2D eigenvalue weighted by Gasteiger charge is -2.31. The number of methoxy groups -OCH3 is 1. The van der Waals surface area contributed by atoms with Gasteiger partial charge in [-0.2, -0.15) is 0 Å². The topological polar surface area (TPSA) is 91.3 Å². The lowest BCUT2D eigenvalue weighted by molar-refractivity contribution is -0.136. The van der Waals surface area contributed by atoms with Crippen LogP contribution in [0.15, 0.2) is 29.5 Å². The van der Waals surface area contributed by atoms with Crippen molar-refractivity contribution in [3.63, 3.8) is 0 Å². The summed E-state index contributed by atoms with van der Waals surface area (Å²) < 4.78 is 10.3. The largest absolute Gasteiger partial charge is 0.466 e. The summed E-state index contributed by atoms with van der Waals surface area (Å²) in [4.78, 5) is 28.5. The van der Waals surface area contributed by atoms with Gasteiger partial charge in [-0.1, -0.05) is 6.07 Å². The molecule has 8 nitrogen and oxygen atoms in total. The highest BCUT2D eigenvalue weighted by atomic mass is 16.5. The van der Waals surface area contributed by atoms with Crippen molar-refractivity contribution in [3.8, 4) is 0 Å². The van der Waals surface area contributed by atoms with Crippen LogP contribution in [0.2, 0.25) is 0 Å². The summed E-state index contributed by atoms with van der Waals surface area (Å²) in [6.07, 6.45) is 0. The van der Waals surface area contributed by atoms with Gasteiger partial charge in [-0.15, -0.1) is 0 Å². The van der Waals surface area contributed by atoms with Crippen molar-refractivity contribution in [3.05, 3.63) is 35.0 Å². The van der Waals surface area contributed by atoms with Crippen molar-refractivity contribution in [2.45, 2.75) is 6.92 Å². The number of anilines is 2. The lowest BCUT2D eigenvalue weighted by atomic mass is 10.1. The summed E-state index contributed by atoms with van der Waals surface area (Å²) >= 11 is 0. The SMILES string of the molecule is COC(=O)C1=C(Nc2cc(C)ccc2N2CCOCC2)C(=O)N(CCO)C1. The Bertz CT molecular complexity index is 756. The quantitative estimate of drug-likeness (QED) is 0.700. The number of morpholine rings is 1. The molecule has 8 heteroatoms. The first-order chi connectivity index (χ1) is 13.0. The second kappa shape index (κ2) is 8.41. The molecule has 1 fully saturated rings. The minimum absolute atomic E-state index is 0.118. The summed E-state index contributed by atoms with van der Waals surface area (Å²) in [5, 5.41) is 12.4. The lowest BCUT2D eigenvalue weighted by Crippen LogP contribution is -2.36. The van der Waals surface area contributed by atoms with Gasteiger partial charge in [-0.05, 0) is 24.6 Å². The predicted octanol–water partition coefficient (Wildman–Crippen LogP) is 0.505. The average Bonchev–Trinajstić information content (AvgIpc) is 2.98. The van der Waals surface area contributed by atoms with Crippen molar-refractivity contribution in [1.29, 1.82) is 0 Å². The molecule has 27 heavy (non-hydrogen) atoms. The summed E-state index contributed by atoms with van der Waals surface area (Å²) in [6, 6.07) is 5.97. The van der Waals surface area contributed by atoms with Crippen LogP contribution in [0.4, 0.5) is 11.4 Å². The van der Waals surface area contributed by atoms with Crippen molar-refractivity contribution < 1.29 is 24.2 Å². The van der Waals surface area contributed by atoms with E-state index in [1.54, 1.807) is 0 Å². The third-order valence-electron chi connectivity index (χ3n) is 4.72. The van der Waals surface area contributed by atoms with Gasteiger partial charge in [-0.25, -0.2) is 4.79 Å². The summed E-state index contributed by atoms with van der Waals surface area (Å²) in [5.41, 5.74) is 3.22. The number of amides is 1. The molecule has 0 bridgehead atoms. The fourth-order valence-electron chi connectivity index (χ4n) is 3.31. The zero-order valence-electron chi connectivity index (χ0n) is 15.7. The van der Waals surface area contributed by atoms with E-state index in [0.29, 0.717) is 13.2 Å². The Morgan fingerprint density at radius 1 is 1.33 bits per heavy atom. The number of nitrogens with one attached hydrogen (secondary N) is 1. The number of hydrogen-bond donors (Lipinski definition) is 2. The zero-order chi connectivity index (χ0) is 19.4. The van der Waals surface area contributed by atoms with Crippen LogP contribution in [-0.2, 0) is 19.1 Å². The number of nitrogens with zero attached hydrogens (tertiary/aromatic N) is 2. The number of aliphatic hydroxyl groups is 1. The molecule has 2 N–H and O–H groups in total. The number of carbonyl (C=O) groups is 2. The van der Waals surface area contributed by atoms with E-state index in [2.05, 4.69) is 10.2 Å². The third kappa shape index (κ3) is 4.06. The summed E-state index contributed by atoms with van der Waals surface area (Å²) in [5.74, 6) is -0.870. The number of rotatable bonds is 6. The Morgan fingerprint density at radius 3 is 2.74 bits per heavy atom. The minimum atomic E-state index is -0.549. The van der Waals surface area contributed by atoms with Crippen molar-refractivity contribution in [2.75, 3.05) is 63.3 Å². The van der Waals surface area contributed by atoms with Crippen LogP contribution >= 0.6 is 0 Å². The molecule has 1 aromatic rings. The van der Waals surface area contributed by atoms with Crippen LogP contribution in [0, 0.1) is 6.92 Å². The molecule has 0 unspecified atom stereocenters. The standard InChI is InChI=1S/C19H25N3O5/c1-13-3-4-16(21-6-9-27-10-7-21)15(11-13)20-17-14(19(25)26-2)12-22(5-8-23)18(17)24/h3-4,11,20,23H,5-10,12H2,1-2H3.